The Labute approximate surface area is 327 Å². The molecule has 7 atom stereocenters. The Morgan fingerprint density at radius 1 is 0.589 bits per heavy atom. The van der Waals surface area contributed by atoms with Gasteiger partial charge in [0, 0.05) is 6.42 Å². The maximum absolute atomic E-state index is 14.0. The minimum atomic E-state index is -1.43. The van der Waals surface area contributed by atoms with Crippen molar-refractivity contribution < 1.29 is 43.5 Å². The van der Waals surface area contributed by atoms with Gasteiger partial charge in [0.05, 0.1) is 12.5 Å². The van der Waals surface area contributed by atoms with Gasteiger partial charge in [0.25, 0.3) is 0 Å². The number of carboxylic acid groups (broad SMARTS) is 1. The molecule has 1 aromatic rings. The molecule has 0 aliphatic rings. The summed E-state index contributed by atoms with van der Waals surface area (Å²) in [6.45, 7) is 7.04. The van der Waals surface area contributed by atoms with E-state index in [1.807, 2.05) is 0 Å². The van der Waals surface area contributed by atoms with E-state index in [0.717, 1.165) is 0 Å². The normalized spacial score (nSPS) is 14.8. The van der Waals surface area contributed by atoms with Gasteiger partial charge in [-0.25, -0.2) is 4.79 Å². The number of primary amides is 1. The molecule has 0 spiro atoms. The summed E-state index contributed by atoms with van der Waals surface area (Å²) in [6.07, 6.45) is 1.74. The van der Waals surface area contributed by atoms with Gasteiger partial charge in [-0.1, -0.05) is 44.2 Å². The van der Waals surface area contributed by atoms with Crippen molar-refractivity contribution >= 4 is 47.3 Å². The molecule has 0 bridgehead atoms. The second kappa shape index (κ2) is 25.8. The second-order valence-electron chi connectivity index (χ2n) is 14.2. The number of hydrogen-bond acceptors (Lipinski definition) is 11. The standard InChI is InChI=1S/C37H62N10O9/c1-21(2)18-27(46-36(54)29(20-30(41)48)45-31(49)22(3)40)34(52)47-28(19-24-12-6-5-7-13-24)35(53)43-25(14-8-10-16-38)33(51)42-23(4)32(50)44-26(37(55)56)15-9-11-17-39/h5-7,12-13,21-23,25-29H,8-11,14-20,38-40H2,1-4H3,(H2,41,48)(H,42,51)(H,43,53)(H,44,50)(H,45,49)(H,46,54)(H,47,52)(H,55,56)/t22-,23-,25-,26-,27-,28-,29-/m0/s1. The number of aliphatic carboxylic acids is 1. The number of carbonyl (C=O) groups excluding carboxylic acids is 7. The highest BCUT2D eigenvalue weighted by Crippen LogP contribution is 2.11. The van der Waals surface area contributed by atoms with Gasteiger partial charge in [0.1, 0.15) is 36.3 Å². The Balaban J connectivity index is 3.33. The number of hydrogen-bond donors (Lipinski definition) is 11. The van der Waals surface area contributed by atoms with E-state index < -0.39 is 96.0 Å². The number of benzene rings is 1. The van der Waals surface area contributed by atoms with Crippen LogP contribution in [0, 0.1) is 5.92 Å². The van der Waals surface area contributed by atoms with Crippen molar-refractivity contribution in [2.45, 2.75) is 128 Å². The fraction of sp³-hybridized carbons (Fsp3) is 0.622. The lowest BCUT2D eigenvalue weighted by molar-refractivity contribution is -0.142. The molecule has 314 valence electrons. The Morgan fingerprint density at radius 3 is 1.57 bits per heavy atom. The van der Waals surface area contributed by atoms with Crippen LogP contribution in [0.2, 0.25) is 0 Å². The van der Waals surface area contributed by atoms with Gasteiger partial charge in [-0.2, -0.15) is 0 Å². The Morgan fingerprint density at radius 2 is 1.05 bits per heavy atom. The van der Waals surface area contributed by atoms with Crippen LogP contribution in [0.15, 0.2) is 30.3 Å². The van der Waals surface area contributed by atoms with Crippen molar-refractivity contribution in [2.24, 2.45) is 28.9 Å². The van der Waals surface area contributed by atoms with E-state index in [2.05, 4.69) is 31.9 Å². The van der Waals surface area contributed by atoms with Crippen LogP contribution in [-0.4, -0.2) is 108 Å². The zero-order valence-corrected chi connectivity index (χ0v) is 32.8. The Hall–Kier alpha value is -5.14. The number of unbranched alkanes of at least 4 members (excludes halogenated alkanes) is 2. The average molecular weight is 791 g/mol. The van der Waals surface area contributed by atoms with Crippen LogP contribution in [0.4, 0.5) is 0 Å². The SMILES string of the molecule is CC(C)C[C@H](NC(=O)[C@H](CC(N)=O)NC(=O)[C@H](C)N)C(=O)N[C@@H](Cc1ccccc1)C(=O)N[C@@H](CCCCN)C(=O)N[C@@H](C)C(=O)N[C@@H](CCCCN)C(=O)O. The first-order valence-corrected chi connectivity index (χ1v) is 18.9. The van der Waals surface area contributed by atoms with Crippen LogP contribution in [0.25, 0.3) is 0 Å². The van der Waals surface area contributed by atoms with E-state index in [9.17, 15) is 43.5 Å². The van der Waals surface area contributed by atoms with Gasteiger partial charge in [0.2, 0.25) is 41.4 Å². The van der Waals surface area contributed by atoms with E-state index in [4.69, 9.17) is 22.9 Å². The molecule has 0 aromatic heterocycles. The molecular weight excluding hydrogens is 728 g/mol. The monoisotopic (exact) mass is 790 g/mol. The van der Waals surface area contributed by atoms with Gasteiger partial charge >= 0.3 is 5.97 Å². The first-order chi connectivity index (χ1) is 26.4. The summed E-state index contributed by atoms with van der Waals surface area (Å²) in [4.78, 5) is 103. The topological polar surface area (TPSA) is 333 Å². The molecule has 19 nitrogen and oxygen atoms in total. The van der Waals surface area contributed by atoms with E-state index in [0.29, 0.717) is 44.3 Å². The maximum Gasteiger partial charge on any atom is 0.326 e. The number of amides is 7. The number of nitrogens with one attached hydrogen (secondary N) is 6. The summed E-state index contributed by atoms with van der Waals surface area (Å²) in [5.41, 5.74) is 22.7. The van der Waals surface area contributed by atoms with Crippen molar-refractivity contribution in [3.8, 4) is 0 Å². The number of carboxylic acids is 1. The molecule has 19 heteroatoms. The third kappa shape index (κ3) is 18.9. The Kier molecular flexibility index (Phi) is 22.6. The molecule has 0 saturated heterocycles. The van der Waals surface area contributed by atoms with Crippen molar-refractivity contribution in [3.63, 3.8) is 0 Å². The van der Waals surface area contributed by atoms with Crippen LogP contribution in [0.5, 0.6) is 0 Å². The van der Waals surface area contributed by atoms with Crippen molar-refractivity contribution in [3.05, 3.63) is 35.9 Å². The number of nitrogens with two attached hydrogens (primary N) is 4. The molecule has 0 fully saturated rings. The lowest BCUT2D eigenvalue weighted by atomic mass is 10.00. The minimum Gasteiger partial charge on any atom is -0.480 e. The number of rotatable bonds is 27. The van der Waals surface area contributed by atoms with Crippen molar-refractivity contribution in [1.29, 1.82) is 0 Å². The van der Waals surface area contributed by atoms with E-state index in [-0.39, 0.29) is 31.6 Å². The molecule has 0 saturated carbocycles. The third-order valence-corrected chi connectivity index (χ3v) is 8.60. The largest absolute Gasteiger partial charge is 0.480 e. The van der Waals surface area contributed by atoms with Gasteiger partial charge < -0.3 is 59.9 Å². The second-order valence-corrected chi connectivity index (χ2v) is 14.2. The molecule has 0 heterocycles. The molecular formula is C37H62N10O9. The third-order valence-electron chi connectivity index (χ3n) is 8.60. The van der Waals surface area contributed by atoms with E-state index in [1.165, 1.54) is 13.8 Å². The quantitative estimate of drug-likeness (QED) is 0.0422. The summed E-state index contributed by atoms with van der Waals surface area (Å²) in [7, 11) is 0. The zero-order chi connectivity index (χ0) is 42.4. The fourth-order valence-corrected chi connectivity index (χ4v) is 5.48. The van der Waals surface area contributed by atoms with Crippen molar-refractivity contribution in [2.75, 3.05) is 13.1 Å². The summed E-state index contributed by atoms with van der Waals surface area (Å²) in [5.74, 6) is -6.83. The van der Waals surface area contributed by atoms with Crippen LogP contribution >= 0.6 is 0 Å². The summed E-state index contributed by atoms with van der Waals surface area (Å²) >= 11 is 0. The fourth-order valence-electron chi connectivity index (χ4n) is 5.48. The van der Waals surface area contributed by atoms with Gasteiger partial charge in [-0.3, -0.25) is 33.6 Å². The highest BCUT2D eigenvalue weighted by atomic mass is 16.4. The van der Waals surface area contributed by atoms with Crippen LogP contribution in [-0.2, 0) is 44.8 Å². The summed E-state index contributed by atoms with van der Waals surface area (Å²) in [6, 6.07) is 0.232. The van der Waals surface area contributed by atoms with Gasteiger partial charge in [-0.05, 0) is 83.4 Å². The smallest absolute Gasteiger partial charge is 0.326 e. The zero-order valence-electron chi connectivity index (χ0n) is 32.8. The van der Waals surface area contributed by atoms with Crippen LogP contribution in [0.3, 0.4) is 0 Å². The lowest BCUT2D eigenvalue weighted by Gasteiger charge is -2.28. The molecule has 0 radical (unpaired) electrons. The maximum atomic E-state index is 14.0. The first-order valence-electron chi connectivity index (χ1n) is 18.9. The highest BCUT2D eigenvalue weighted by Gasteiger charge is 2.33. The van der Waals surface area contributed by atoms with Crippen LogP contribution in [0.1, 0.15) is 84.6 Å². The summed E-state index contributed by atoms with van der Waals surface area (Å²) in [5, 5.41) is 24.8. The average Bonchev–Trinajstić information content (AvgIpc) is 3.12. The number of carbonyl (C=O) groups is 8. The summed E-state index contributed by atoms with van der Waals surface area (Å²) < 4.78 is 0. The highest BCUT2D eigenvalue weighted by molar-refractivity contribution is 5.98. The molecule has 56 heavy (non-hydrogen) atoms. The molecule has 1 aromatic carbocycles. The Bertz CT molecular complexity index is 1460. The molecule has 0 aliphatic carbocycles. The minimum absolute atomic E-state index is 0.0216. The molecule has 15 N–H and O–H groups in total. The van der Waals surface area contributed by atoms with E-state index in [1.54, 1.807) is 44.2 Å². The van der Waals surface area contributed by atoms with Gasteiger partial charge in [0.15, 0.2) is 0 Å². The first kappa shape index (κ1) is 48.9. The molecule has 7 amide bonds. The lowest BCUT2D eigenvalue weighted by Crippen LogP contribution is -2.60. The predicted molar refractivity (Wildman–Crippen MR) is 208 cm³/mol. The van der Waals surface area contributed by atoms with Gasteiger partial charge in [-0.15, -0.1) is 0 Å². The predicted octanol–water partition coefficient (Wildman–Crippen LogP) is -2.23. The van der Waals surface area contributed by atoms with E-state index >= 15 is 0 Å². The molecule has 0 aliphatic heterocycles. The van der Waals surface area contributed by atoms with Crippen LogP contribution < -0.4 is 54.8 Å². The molecule has 1 rings (SSSR count). The van der Waals surface area contributed by atoms with Crippen molar-refractivity contribution in [1.82, 2.24) is 31.9 Å². The molecule has 0 unspecified atom stereocenters.